The zero-order valence-corrected chi connectivity index (χ0v) is 13.1. The summed E-state index contributed by atoms with van der Waals surface area (Å²) in [5, 5.41) is 20.5. The van der Waals surface area contributed by atoms with Gasteiger partial charge >= 0.3 is 0 Å². The number of aliphatic hydroxyl groups excluding tert-OH is 2. The van der Waals surface area contributed by atoms with Gasteiger partial charge in [-0.05, 0) is 6.42 Å². The van der Waals surface area contributed by atoms with Gasteiger partial charge in [0.05, 0.1) is 11.7 Å². The number of nitrogens with two attached hydrogens (primary N) is 2. The number of hydrogen-bond donors (Lipinski definition) is 4. The third-order valence-electron chi connectivity index (χ3n) is 4.20. The van der Waals surface area contributed by atoms with Crippen molar-refractivity contribution in [3.8, 4) is 0 Å². The van der Waals surface area contributed by atoms with Crippen molar-refractivity contribution in [1.82, 2.24) is 14.5 Å². The van der Waals surface area contributed by atoms with E-state index in [4.69, 9.17) is 16.2 Å². The highest BCUT2D eigenvalue weighted by atomic mass is 16.6. The van der Waals surface area contributed by atoms with E-state index >= 15 is 0 Å². The minimum absolute atomic E-state index is 0.0121. The highest BCUT2D eigenvalue weighted by molar-refractivity contribution is 5.87. The fourth-order valence-corrected chi connectivity index (χ4v) is 2.92. The summed E-state index contributed by atoms with van der Waals surface area (Å²) in [6.45, 7) is 5.42. The average Bonchev–Trinajstić information content (AvgIpc) is 2.83. The molecule has 128 valence electrons. The third kappa shape index (κ3) is 2.33. The quantitative estimate of drug-likeness (QED) is 0.578. The van der Waals surface area contributed by atoms with Crippen molar-refractivity contribution >= 4 is 22.5 Å². The van der Waals surface area contributed by atoms with E-state index in [1.54, 1.807) is 0 Å². The van der Waals surface area contributed by atoms with E-state index in [1.165, 1.54) is 17.1 Å². The molecular formula is C15H19N5O4. The van der Waals surface area contributed by atoms with Crippen LogP contribution in [0.25, 0.3) is 16.7 Å². The lowest BCUT2D eigenvalue weighted by Crippen LogP contribution is -2.32. The molecule has 2 aromatic rings. The molecule has 0 spiro atoms. The predicted octanol–water partition coefficient (Wildman–Crippen LogP) is -0.668. The van der Waals surface area contributed by atoms with Crippen LogP contribution in [-0.4, -0.2) is 43.1 Å². The number of anilines is 1. The first-order valence-corrected chi connectivity index (χ1v) is 7.48. The second kappa shape index (κ2) is 5.86. The summed E-state index contributed by atoms with van der Waals surface area (Å²) < 4.78 is 7.17. The lowest BCUT2D eigenvalue weighted by molar-refractivity contribution is -0.0356. The van der Waals surface area contributed by atoms with E-state index in [1.807, 2.05) is 6.92 Å². The van der Waals surface area contributed by atoms with Crippen molar-refractivity contribution < 1.29 is 14.9 Å². The van der Waals surface area contributed by atoms with Crippen LogP contribution < -0.4 is 16.9 Å². The summed E-state index contributed by atoms with van der Waals surface area (Å²) in [5.74, 6) is -0.0121. The van der Waals surface area contributed by atoms with E-state index in [0.29, 0.717) is 6.42 Å². The highest BCUT2D eigenvalue weighted by Crippen LogP contribution is 2.33. The summed E-state index contributed by atoms with van der Waals surface area (Å²) in [6, 6.07) is 0. The summed E-state index contributed by atoms with van der Waals surface area (Å²) in [4.78, 5) is 20.5. The smallest absolute Gasteiger partial charge is 0.204 e. The molecule has 0 radical (unpaired) electrons. The molecule has 4 unspecified atom stereocenters. The lowest BCUT2D eigenvalue weighted by atomic mass is 10.1. The molecule has 0 amide bonds. The van der Waals surface area contributed by atoms with Crippen LogP contribution in [0.1, 0.15) is 25.1 Å². The molecular weight excluding hydrogens is 314 g/mol. The van der Waals surface area contributed by atoms with Gasteiger partial charge in [0.2, 0.25) is 5.43 Å². The van der Waals surface area contributed by atoms with Gasteiger partial charge in [0.1, 0.15) is 29.7 Å². The standard InChI is InChI=1S/C15H19N5O4/c1-3-8-11(22)12(23)15(24-8)20-4-7(6(2)16)10(21)9-13(17)18-5-19-14(9)20/h4-5,8,11-12,15,22-23H,2-3,16H2,1H3,(H2,17,18,19). The number of ether oxygens (including phenoxy) is 1. The number of nitrogens with zero attached hydrogens (tertiary/aromatic N) is 3. The van der Waals surface area contributed by atoms with Crippen LogP contribution in [0, 0.1) is 0 Å². The molecule has 3 heterocycles. The molecule has 4 atom stereocenters. The first kappa shape index (κ1) is 16.4. The molecule has 9 heteroatoms. The maximum absolute atomic E-state index is 12.6. The van der Waals surface area contributed by atoms with Crippen LogP contribution >= 0.6 is 0 Å². The molecule has 24 heavy (non-hydrogen) atoms. The van der Waals surface area contributed by atoms with E-state index in [9.17, 15) is 15.0 Å². The Bertz CT molecular complexity index is 865. The minimum atomic E-state index is -1.20. The largest absolute Gasteiger partial charge is 0.399 e. The van der Waals surface area contributed by atoms with E-state index in [2.05, 4.69) is 16.5 Å². The first-order valence-electron chi connectivity index (χ1n) is 7.48. The molecule has 0 aliphatic carbocycles. The fourth-order valence-electron chi connectivity index (χ4n) is 2.92. The molecule has 3 rings (SSSR count). The highest BCUT2D eigenvalue weighted by Gasteiger charge is 2.43. The Balaban J connectivity index is 2.29. The van der Waals surface area contributed by atoms with Gasteiger partial charge in [0.15, 0.2) is 11.9 Å². The van der Waals surface area contributed by atoms with E-state index in [-0.39, 0.29) is 28.1 Å². The van der Waals surface area contributed by atoms with Crippen LogP contribution in [0.3, 0.4) is 0 Å². The minimum Gasteiger partial charge on any atom is -0.399 e. The van der Waals surface area contributed by atoms with Crippen LogP contribution in [0.4, 0.5) is 5.82 Å². The molecule has 0 bridgehead atoms. The number of rotatable bonds is 3. The average molecular weight is 333 g/mol. The molecule has 1 fully saturated rings. The van der Waals surface area contributed by atoms with Gasteiger partial charge in [-0.2, -0.15) is 0 Å². The number of fused-ring (bicyclic) bond motifs is 1. The first-order chi connectivity index (χ1) is 11.4. The number of hydrogen-bond acceptors (Lipinski definition) is 8. The third-order valence-corrected chi connectivity index (χ3v) is 4.20. The molecule has 1 aliphatic heterocycles. The molecule has 1 aliphatic rings. The molecule has 2 aromatic heterocycles. The zero-order chi connectivity index (χ0) is 17.6. The number of aliphatic hydroxyl groups is 2. The normalized spacial score (nSPS) is 26.8. The second-order valence-electron chi connectivity index (χ2n) is 5.72. The number of nitrogen functional groups attached to an aromatic ring is 1. The van der Waals surface area contributed by atoms with Gasteiger partial charge in [0.25, 0.3) is 0 Å². The fraction of sp³-hybridized carbons (Fsp3) is 0.400. The van der Waals surface area contributed by atoms with Gasteiger partial charge in [-0.15, -0.1) is 0 Å². The summed E-state index contributed by atoms with van der Waals surface area (Å²) in [6.07, 6.45) is -0.615. The van der Waals surface area contributed by atoms with Crippen molar-refractivity contribution in [3.63, 3.8) is 0 Å². The van der Waals surface area contributed by atoms with Gasteiger partial charge < -0.3 is 31.0 Å². The number of pyridine rings is 1. The molecule has 0 aromatic carbocycles. The maximum atomic E-state index is 12.6. The van der Waals surface area contributed by atoms with Gasteiger partial charge in [-0.3, -0.25) is 4.79 Å². The van der Waals surface area contributed by atoms with Gasteiger partial charge in [0, 0.05) is 11.9 Å². The Hall–Kier alpha value is -2.49. The number of aromatic nitrogens is 3. The van der Waals surface area contributed by atoms with E-state index in [0.717, 1.165) is 0 Å². The SMILES string of the molecule is C=C(N)c1cn(C2OC(CC)C(O)C2O)c2ncnc(N)c2c1=O. The zero-order valence-electron chi connectivity index (χ0n) is 13.1. The van der Waals surface area contributed by atoms with Crippen molar-refractivity contribution in [2.24, 2.45) is 5.73 Å². The molecule has 9 nitrogen and oxygen atoms in total. The predicted molar refractivity (Wildman–Crippen MR) is 87.6 cm³/mol. The Morgan fingerprint density at radius 1 is 1.42 bits per heavy atom. The van der Waals surface area contributed by atoms with Crippen LogP contribution in [-0.2, 0) is 4.74 Å². The second-order valence-corrected chi connectivity index (χ2v) is 5.72. The maximum Gasteiger partial charge on any atom is 0.204 e. The lowest BCUT2D eigenvalue weighted by Gasteiger charge is -2.21. The molecule has 6 N–H and O–H groups in total. The van der Waals surface area contributed by atoms with Crippen molar-refractivity contribution in [3.05, 3.63) is 34.9 Å². The van der Waals surface area contributed by atoms with Gasteiger partial charge in [-0.1, -0.05) is 13.5 Å². The van der Waals surface area contributed by atoms with Crippen molar-refractivity contribution in [2.75, 3.05) is 5.73 Å². The van der Waals surface area contributed by atoms with E-state index < -0.39 is 30.0 Å². The van der Waals surface area contributed by atoms with Crippen molar-refractivity contribution in [1.29, 1.82) is 0 Å². The van der Waals surface area contributed by atoms with Crippen LogP contribution in [0.15, 0.2) is 23.9 Å². The topological polar surface area (TPSA) is 150 Å². The summed E-state index contributed by atoms with van der Waals surface area (Å²) >= 11 is 0. The van der Waals surface area contributed by atoms with Gasteiger partial charge in [-0.25, -0.2) is 9.97 Å². The monoisotopic (exact) mass is 333 g/mol. The Kier molecular flexibility index (Phi) is 3.99. The summed E-state index contributed by atoms with van der Waals surface area (Å²) in [7, 11) is 0. The molecule has 0 saturated carbocycles. The Morgan fingerprint density at radius 3 is 2.71 bits per heavy atom. The Morgan fingerprint density at radius 2 is 2.12 bits per heavy atom. The molecule has 1 saturated heterocycles. The summed E-state index contributed by atoms with van der Waals surface area (Å²) in [5.41, 5.74) is 11.4. The van der Waals surface area contributed by atoms with Crippen LogP contribution in [0.5, 0.6) is 0 Å². The van der Waals surface area contributed by atoms with Crippen LogP contribution in [0.2, 0.25) is 0 Å². The van der Waals surface area contributed by atoms with Crippen molar-refractivity contribution in [2.45, 2.75) is 37.9 Å². The Labute approximate surface area is 137 Å².